The SMILES string of the molecule is CCC(C)C(NC(=O)C(N)CCC(=O)O)C(=O)NC(CC(C)C)C(=O)NC(C(=O)O)C(C)C. The minimum atomic E-state index is -1.17. The molecule has 0 heterocycles. The summed E-state index contributed by atoms with van der Waals surface area (Å²) in [5.74, 6) is -4.78. The molecule has 11 nitrogen and oxygen atoms in total. The lowest BCUT2D eigenvalue weighted by molar-refractivity contribution is -0.143. The number of hydrogen-bond donors (Lipinski definition) is 6. The van der Waals surface area contributed by atoms with E-state index in [1.54, 1.807) is 20.8 Å². The standard InChI is InChI=1S/C22H40N4O7/c1-7-13(6)18(26-19(29)14(23)8-9-16(27)28)21(31)24-15(10-11(2)3)20(30)25-17(12(4)5)22(32)33/h11-15,17-18H,7-10,23H2,1-6H3,(H,24,31)(H,25,30)(H,26,29)(H,27,28)(H,32,33). The van der Waals surface area contributed by atoms with Gasteiger partial charge in [0.25, 0.3) is 0 Å². The van der Waals surface area contributed by atoms with Gasteiger partial charge in [0, 0.05) is 6.42 Å². The molecule has 33 heavy (non-hydrogen) atoms. The largest absolute Gasteiger partial charge is 0.481 e. The average molecular weight is 473 g/mol. The van der Waals surface area contributed by atoms with E-state index in [4.69, 9.17) is 10.8 Å². The van der Waals surface area contributed by atoms with Crippen molar-refractivity contribution in [3.8, 4) is 0 Å². The first-order valence-corrected chi connectivity index (χ1v) is 11.3. The van der Waals surface area contributed by atoms with Gasteiger partial charge in [0.15, 0.2) is 0 Å². The molecule has 5 atom stereocenters. The summed E-state index contributed by atoms with van der Waals surface area (Å²) in [7, 11) is 0. The Morgan fingerprint density at radius 1 is 0.818 bits per heavy atom. The first-order valence-electron chi connectivity index (χ1n) is 11.3. The van der Waals surface area contributed by atoms with E-state index in [0.29, 0.717) is 6.42 Å². The summed E-state index contributed by atoms with van der Waals surface area (Å²) >= 11 is 0. The van der Waals surface area contributed by atoms with Crippen molar-refractivity contribution >= 4 is 29.7 Å². The number of aliphatic carboxylic acids is 2. The molecule has 0 aromatic rings. The molecule has 0 aliphatic rings. The summed E-state index contributed by atoms with van der Waals surface area (Å²) in [5, 5.41) is 25.8. The molecule has 0 fully saturated rings. The molecular formula is C22H40N4O7. The van der Waals surface area contributed by atoms with Crippen LogP contribution in [0.5, 0.6) is 0 Å². The number of carboxylic acids is 2. The third-order valence-electron chi connectivity index (χ3n) is 5.37. The first-order chi connectivity index (χ1) is 15.2. The topological polar surface area (TPSA) is 188 Å². The molecule has 0 aliphatic carbocycles. The molecule has 3 amide bonds. The van der Waals surface area contributed by atoms with Crippen molar-refractivity contribution in [2.24, 2.45) is 23.5 Å². The number of carboxylic acid groups (broad SMARTS) is 2. The molecule has 190 valence electrons. The first kappa shape index (κ1) is 30.3. The van der Waals surface area contributed by atoms with E-state index in [1.165, 1.54) is 0 Å². The van der Waals surface area contributed by atoms with Crippen LogP contribution in [0.1, 0.15) is 67.2 Å². The van der Waals surface area contributed by atoms with Gasteiger partial charge in [-0.1, -0.05) is 48.0 Å². The van der Waals surface area contributed by atoms with Gasteiger partial charge in [0.2, 0.25) is 17.7 Å². The van der Waals surface area contributed by atoms with E-state index in [-0.39, 0.29) is 37.0 Å². The number of rotatable bonds is 15. The Balaban J connectivity index is 5.52. The smallest absolute Gasteiger partial charge is 0.326 e. The zero-order valence-corrected chi connectivity index (χ0v) is 20.4. The Kier molecular flexibility index (Phi) is 13.3. The van der Waals surface area contributed by atoms with Gasteiger partial charge in [-0.15, -0.1) is 0 Å². The van der Waals surface area contributed by atoms with E-state index in [2.05, 4.69) is 16.0 Å². The Morgan fingerprint density at radius 3 is 1.79 bits per heavy atom. The number of amides is 3. The lowest BCUT2D eigenvalue weighted by Gasteiger charge is -2.29. The van der Waals surface area contributed by atoms with Crippen molar-refractivity contribution in [2.75, 3.05) is 0 Å². The Labute approximate surface area is 195 Å². The number of hydrogen-bond acceptors (Lipinski definition) is 6. The van der Waals surface area contributed by atoms with E-state index >= 15 is 0 Å². The number of nitrogens with two attached hydrogens (primary N) is 1. The fourth-order valence-corrected chi connectivity index (χ4v) is 3.10. The molecule has 0 aromatic heterocycles. The molecule has 0 aromatic carbocycles. The maximum absolute atomic E-state index is 13.1. The molecule has 0 rings (SSSR count). The summed E-state index contributed by atoms with van der Waals surface area (Å²) < 4.78 is 0. The minimum Gasteiger partial charge on any atom is -0.481 e. The molecule has 7 N–H and O–H groups in total. The molecule has 0 saturated heterocycles. The van der Waals surface area contributed by atoms with Gasteiger partial charge in [0.1, 0.15) is 18.1 Å². The molecule has 0 bridgehead atoms. The van der Waals surface area contributed by atoms with E-state index < -0.39 is 53.8 Å². The van der Waals surface area contributed by atoms with Crippen LogP contribution < -0.4 is 21.7 Å². The predicted molar refractivity (Wildman–Crippen MR) is 122 cm³/mol. The highest BCUT2D eigenvalue weighted by Crippen LogP contribution is 2.12. The van der Waals surface area contributed by atoms with Crippen LogP contribution in [0.25, 0.3) is 0 Å². The Morgan fingerprint density at radius 2 is 1.36 bits per heavy atom. The van der Waals surface area contributed by atoms with Crippen LogP contribution in [0, 0.1) is 17.8 Å². The predicted octanol–water partition coefficient (Wildman–Crippen LogP) is 0.466. The van der Waals surface area contributed by atoms with Crippen LogP contribution in [0.2, 0.25) is 0 Å². The van der Waals surface area contributed by atoms with Crippen molar-refractivity contribution in [1.82, 2.24) is 16.0 Å². The Bertz CT molecular complexity index is 696. The third kappa shape index (κ3) is 11.1. The minimum absolute atomic E-state index is 0.0180. The van der Waals surface area contributed by atoms with Crippen molar-refractivity contribution in [1.29, 1.82) is 0 Å². The highest BCUT2D eigenvalue weighted by Gasteiger charge is 2.33. The quantitative estimate of drug-likeness (QED) is 0.198. The van der Waals surface area contributed by atoms with Gasteiger partial charge in [-0.05, 0) is 30.6 Å². The van der Waals surface area contributed by atoms with Crippen LogP contribution in [0.3, 0.4) is 0 Å². The fourth-order valence-electron chi connectivity index (χ4n) is 3.10. The highest BCUT2D eigenvalue weighted by atomic mass is 16.4. The number of carbonyl (C=O) groups is 5. The van der Waals surface area contributed by atoms with Crippen LogP contribution in [0.4, 0.5) is 0 Å². The lowest BCUT2D eigenvalue weighted by Crippen LogP contribution is -2.59. The Hall–Kier alpha value is -2.69. The molecule has 0 aliphatic heterocycles. The second kappa shape index (κ2) is 14.5. The van der Waals surface area contributed by atoms with Crippen LogP contribution in [-0.2, 0) is 24.0 Å². The van der Waals surface area contributed by atoms with Crippen LogP contribution >= 0.6 is 0 Å². The second-order valence-corrected chi connectivity index (χ2v) is 9.17. The van der Waals surface area contributed by atoms with Crippen molar-refractivity contribution < 1.29 is 34.2 Å². The van der Waals surface area contributed by atoms with Crippen LogP contribution in [0.15, 0.2) is 0 Å². The summed E-state index contributed by atoms with van der Waals surface area (Å²) in [6, 6.07) is -4.21. The summed E-state index contributed by atoms with van der Waals surface area (Å²) in [5.41, 5.74) is 5.76. The molecular weight excluding hydrogens is 432 g/mol. The average Bonchev–Trinajstić information content (AvgIpc) is 2.71. The second-order valence-electron chi connectivity index (χ2n) is 9.17. The zero-order valence-electron chi connectivity index (χ0n) is 20.4. The van der Waals surface area contributed by atoms with Crippen molar-refractivity contribution in [2.45, 2.75) is 91.4 Å². The monoisotopic (exact) mass is 472 g/mol. The maximum Gasteiger partial charge on any atom is 0.326 e. The van der Waals surface area contributed by atoms with Crippen LogP contribution in [-0.4, -0.2) is 64.0 Å². The van der Waals surface area contributed by atoms with Gasteiger partial charge in [0.05, 0.1) is 6.04 Å². The van der Waals surface area contributed by atoms with E-state index in [9.17, 15) is 29.1 Å². The van der Waals surface area contributed by atoms with Gasteiger partial charge in [-0.3, -0.25) is 19.2 Å². The maximum atomic E-state index is 13.1. The zero-order chi connectivity index (χ0) is 25.9. The van der Waals surface area contributed by atoms with Gasteiger partial charge >= 0.3 is 11.9 Å². The fraction of sp³-hybridized carbons (Fsp3) is 0.773. The lowest BCUT2D eigenvalue weighted by atomic mass is 9.96. The van der Waals surface area contributed by atoms with Gasteiger partial charge in [-0.2, -0.15) is 0 Å². The normalized spacial score (nSPS) is 15.8. The summed E-state index contributed by atoms with van der Waals surface area (Å²) in [6.45, 7) is 10.6. The highest BCUT2D eigenvalue weighted by molar-refractivity contribution is 5.94. The molecule has 5 unspecified atom stereocenters. The van der Waals surface area contributed by atoms with Crippen molar-refractivity contribution in [3.63, 3.8) is 0 Å². The van der Waals surface area contributed by atoms with E-state index in [1.807, 2.05) is 20.8 Å². The summed E-state index contributed by atoms with van der Waals surface area (Å²) in [6.07, 6.45) is 0.436. The van der Waals surface area contributed by atoms with Crippen molar-refractivity contribution in [3.05, 3.63) is 0 Å². The van der Waals surface area contributed by atoms with Gasteiger partial charge < -0.3 is 31.9 Å². The molecule has 11 heteroatoms. The molecule has 0 saturated carbocycles. The number of carbonyl (C=O) groups excluding carboxylic acids is 3. The third-order valence-corrected chi connectivity index (χ3v) is 5.37. The molecule has 0 radical (unpaired) electrons. The van der Waals surface area contributed by atoms with E-state index in [0.717, 1.165) is 0 Å². The molecule has 0 spiro atoms. The summed E-state index contributed by atoms with van der Waals surface area (Å²) in [4.78, 5) is 60.5. The number of nitrogens with one attached hydrogen (secondary N) is 3. The van der Waals surface area contributed by atoms with Gasteiger partial charge in [-0.25, -0.2) is 4.79 Å².